The van der Waals surface area contributed by atoms with Crippen molar-refractivity contribution < 1.29 is 18.6 Å². The maximum atomic E-state index is 13.8. The molecule has 0 aliphatic carbocycles. The number of fused-ring (bicyclic) bond motifs is 1. The van der Waals surface area contributed by atoms with Gasteiger partial charge in [-0.05, 0) is 42.9 Å². The first kappa shape index (κ1) is 19.4. The minimum absolute atomic E-state index is 0.274. The number of nitrogens with one attached hydrogen (secondary N) is 1. The number of aryl methyl sites for hydroxylation is 1. The number of aliphatic hydroxyl groups excluding tert-OH is 1. The third-order valence-electron chi connectivity index (χ3n) is 5.05. The SMILES string of the molecule is COc1cc(F)ccc1C(C)(C)CC(O)CCc1cc2cccc(F)c2[nH]1. The summed E-state index contributed by atoms with van der Waals surface area (Å²) in [6, 6.07) is 11.4. The number of hydrogen-bond acceptors (Lipinski definition) is 2. The van der Waals surface area contributed by atoms with Gasteiger partial charge in [0.05, 0.1) is 18.7 Å². The maximum absolute atomic E-state index is 13.8. The molecule has 27 heavy (non-hydrogen) atoms. The molecule has 0 saturated heterocycles. The molecule has 0 aliphatic rings. The summed E-state index contributed by atoms with van der Waals surface area (Å²) in [7, 11) is 1.51. The molecule has 0 fully saturated rings. The highest BCUT2D eigenvalue weighted by Gasteiger charge is 2.27. The number of H-pyrrole nitrogens is 1. The van der Waals surface area contributed by atoms with Crippen molar-refractivity contribution in [2.45, 2.75) is 44.6 Å². The number of halogens is 2. The Balaban J connectivity index is 1.67. The van der Waals surface area contributed by atoms with Crippen molar-refractivity contribution in [2.75, 3.05) is 7.11 Å². The molecular weight excluding hydrogens is 348 g/mol. The topological polar surface area (TPSA) is 45.2 Å². The van der Waals surface area contributed by atoms with E-state index in [9.17, 15) is 13.9 Å². The molecule has 1 unspecified atom stereocenters. The number of hydrogen-bond donors (Lipinski definition) is 2. The van der Waals surface area contributed by atoms with E-state index in [4.69, 9.17) is 4.74 Å². The van der Waals surface area contributed by atoms with Crippen LogP contribution in [0.15, 0.2) is 42.5 Å². The lowest BCUT2D eigenvalue weighted by Crippen LogP contribution is -2.25. The minimum atomic E-state index is -0.550. The third kappa shape index (κ3) is 4.30. The Labute approximate surface area is 158 Å². The van der Waals surface area contributed by atoms with E-state index >= 15 is 0 Å². The average molecular weight is 373 g/mol. The summed E-state index contributed by atoms with van der Waals surface area (Å²) in [5.41, 5.74) is 1.87. The molecule has 144 valence electrons. The van der Waals surface area contributed by atoms with Gasteiger partial charge in [0.1, 0.15) is 17.4 Å². The zero-order chi connectivity index (χ0) is 19.6. The number of para-hydroxylation sites is 1. The molecule has 2 aromatic carbocycles. The first-order valence-corrected chi connectivity index (χ1v) is 9.08. The summed E-state index contributed by atoms with van der Waals surface area (Å²) in [5, 5.41) is 11.4. The normalized spacial score (nSPS) is 13.1. The summed E-state index contributed by atoms with van der Waals surface area (Å²) >= 11 is 0. The Morgan fingerprint density at radius 3 is 2.63 bits per heavy atom. The van der Waals surface area contributed by atoms with Crippen LogP contribution in [-0.2, 0) is 11.8 Å². The van der Waals surface area contributed by atoms with Crippen molar-refractivity contribution in [3.8, 4) is 5.75 Å². The molecular formula is C22H25F2NO2. The number of aromatic nitrogens is 1. The monoisotopic (exact) mass is 373 g/mol. The summed E-state index contributed by atoms with van der Waals surface area (Å²) in [6.45, 7) is 4.01. The Hall–Kier alpha value is -2.40. The van der Waals surface area contributed by atoms with Gasteiger partial charge in [-0.2, -0.15) is 0 Å². The van der Waals surface area contributed by atoms with Crippen molar-refractivity contribution in [1.29, 1.82) is 0 Å². The van der Waals surface area contributed by atoms with Crippen LogP contribution in [0, 0.1) is 11.6 Å². The summed E-state index contributed by atoms with van der Waals surface area (Å²) in [5.74, 6) is -0.139. The molecule has 1 atom stereocenters. The molecule has 0 spiro atoms. The lowest BCUT2D eigenvalue weighted by atomic mass is 9.78. The molecule has 0 amide bonds. The van der Waals surface area contributed by atoms with Gasteiger partial charge < -0.3 is 14.8 Å². The second-order valence-electron chi connectivity index (χ2n) is 7.62. The highest BCUT2D eigenvalue weighted by molar-refractivity contribution is 5.80. The van der Waals surface area contributed by atoms with Crippen LogP contribution in [0.25, 0.3) is 10.9 Å². The molecule has 0 bridgehead atoms. The van der Waals surface area contributed by atoms with E-state index < -0.39 is 6.10 Å². The number of methoxy groups -OCH3 is 1. The lowest BCUT2D eigenvalue weighted by Gasteiger charge is -2.29. The lowest BCUT2D eigenvalue weighted by molar-refractivity contribution is 0.129. The standard InChI is InChI=1S/C22H25F2NO2/c1-22(2,18-10-7-15(23)12-20(18)27-3)13-17(26)9-8-16-11-14-5-4-6-19(24)21(14)25-16/h4-7,10-12,17,25-26H,8-9,13H2,1-3H3. The minimum Gasteiger partial charge on any atom is -0.496 e. The van der Waals surface area contributed by atoms with Gasteiger partial charge in [0.25, 0.3) is 0 Å². The van der Waals surface area contributed by atoms with E-state index in [-0.39, 0.29) is 17.0 Å². The van der Waals surface area contributed by atoms with Crippen LogP contribution in [0.3, 0.4) is 0 Å². The van der Waals surface area contributed by atoms with Gasteiger partial charge in [0.15, 0.2) is 0 Å². The van der Waals surface area contributed by atoms with Crippen LogP contribution in [-0.4, -0.2) is 23.3 Å². The van der Waals surface area contributed by atoms with Gasteiger partial charge in [-0.15, -0.1) is 0 Å². The quantitative estimate of drug-likeness (QED) is 0.604. The van der Waals surface area contributed by atoms with E-state index in [0.29, 0.717) is 30.5 Å². The highest BCUT2D eigenvalue weighted by atomic mass is 19.1. The molecule has 3 nitrogen and oxygen atoms in total. The Bertz CT molecular complexity index is 933. The van der Waals surface area contributed by atoms with Gasteiger partial charge in [-0.3, -0.25) is 0 Å². The van der Waals surface area contributed by atoms with Crippen molar-refractivity contribution in [1.82, 2.24) is 4.98 Å². The van der Waals surface area contributed by atoms with Crippen molar-refractivity contribution in [3.05, 3.63) is 65.4 Å². The molecule has 1 heterocycles. The summed E-state index contributed by atoms with van der Waals surface area (Å²) in [4.78, 5) is 3.09. The van der Waals surface area contributed by atoms with Crippen LogP contribution in [0.1, 0.15) is 37.9 Å². The van der Waals surface area contributed by atoms with E-state index in [2.05, 4.69) is 4.98 Å². The average Bonchev–Trinajstić information content (AvgIpc) is 3.04. The van der Waals surface area contributed by atoms with Crippen molar-refractivity contribution in [3.63, 3.8) is 0 Å². The Morgan fingerprint density at radius 1 is 1.15 bits per heavy atom. The fourth-order valence-corrected chi connectivity index (χ4v) is 3.66. The fraction of sp³-hybridized carbons (Fsp3) is 0.364. The third-order valence-corrected chi connectivity index (χ3v) is 5.05. The van der Waals surface area contributed by atoms with E-state index in [1.54, 1.807) is 12.1 Å². The van der Waals surface area contributed by atoms with Gasteiger partial charge in [0, 0.05) is 22.7 Å². The smallest absolute Gasteiger partial charge is 0.147 e. The molecule has 0 aliphatic heterocycles. The van der Waals surface area contributed by atoms with Crippen LogP contribution in [0.4, 0.5) is 8.78 Å². The first-order chi connectivity index (χ1) is 12.8. The summed E-state index contributed by atoms with van der Waals surface area (Å²) < 4.78 is 32.5. The van der Waals surface area contributed by atoms with Crippen LogP contribution in [0.5, 0.6) is 5.75 Å². The highest BCUT2D eigenvalue weighted by Crippen LogP contribution is 2.36. The fourth-order valence-electron chi connectivity index (χ4n) is 3.66. The molecule has 5 heteroatoms. The van der Waals surface area contributed by atoms with Gasteiger partial charge in [-0.25, -0.2) is 8.78 Å². The zero-order valence-electron chi connectivity index (χ0n) is 15.9. The van der Waals surface area contributed by atoms with E-state index in [0.717, 1.165) is 16.6 Å². The number of aromatic amines is 1. The number of ether oxygens (including phenoxy) is 1. The molecule has 0 saturated carbocycles. The largest absolute Gasteiger partial charge is 0.496 e. The van der Waals surface area contributed by atoms with Gasteiger partial charge in [0.2, 0.25) is 0 Å². The van der Waals surface area contributed by atoms with Crippen LogP contribution in [0.2, 0.25) is 0 Å². The molecule has 1 aromatic heterocycles. The summed E-state index contributed by atoms with van der Waals surface area (Å²) in [6.07, 6.45) is 1.11. The zero-order valence-corrected chi connectivity index (χ0v) is 15.9. The second kappa shape index (κ2) is 7.69. The second-order valence-corrected chi connectivity index (χ2v) is 7.62. The van der Waals surface area contributed by atoms with Crippen molar-refractivity contribution >= 4 is 10.9 Å². The Kier molecular flexibility index (Phi) is 5.51. The van der Waals surface area contributed by atoms with Crippen molar-refractivity contribution in [2.24, 2.45) is 0 Å². The molecule has 0 radical (unpaired) electrons. The molecule has 3 rings (SSSR count). The molecule has 2 N–H and O–H groups in total. The van der Waals surface area contributed by atoms with E-state index in [1.165, 1.54) is 25.3 Å². The van der Waals surface area contributed by atoms with E-state index in [1.807, 2.05) is 26.0 Å². The molecule has 3 aromatic rings. The van der Waals surface area contributed by atoms with Crippen LogP contribution >= 0.6 is 0 Å². The van der Waals surface area contributed by atoms with Gasteiger partial charge >= 0.3 is 0 Å². The number of aliphatic hydroxyl groups is 1. The predicted octanol–water partition coefficient (Wildman–Crippen LogP) is 5.12. The Morgan fingerprint density at radius 2 is 1.93 bits per heavy atom. The first-order valence-electron chi connectivity index (χ1n) is 9.08. The number of rotatable bonds is 7. The van der Waals surface area contributed by atoms with Gasteiger partial charge in [-0.1, -0.05) is 32.0 Å². The maximum Gasteiger partial charge on any atom is 0.147 e. The predicted molar refractivity (Wildman–Crippen MR) is 103 cm³/mol. The number of benzene rings is 2. The van der Waals surface area contributed by atoms with Crippen LogP contribution < -0.4 is 4.74 Å².